The minimum atomic E-state index is -0.806. The van der Waals surface area contributed by atoms with Gasteiger partial charge in [0.25, 0.3) is 0 Å². The van der Waals surface area contributed by atoms with Crippen molar-refractivity contribution in [1.82, 2.24) is 10.7 Å². The van der Waals surface area contributed by atoms with Gasteiger partial charge in [-0.25, -0.2) is 5.43 Å². The normalized spacial score (nSPS) is 9.88. The van der Waals surface area contributed by atoms with E-state index in [1.165, 1.54) is 12.3 Å². The van der Waals surface area contributed by atoms with Crippen LogP contribution in [-0.2, 0) is 9.59 Å². The Balaban J connectivity index is 2.40. The Labute approximate surface area is 99.2 Å². The molecule has 0 saturated carbocycles. The lowest BCUT2D eigenvalue weighted by Crippen LogP contribution is -2.37. The first kappa shape index (κ1) is 12.6. The van der Waals surface area contributed by atoms with E-state index in [0.29, 0.717) is 0 Å². The van der Waals surface area contributed by atoms with Crippen molar-refractivity contribution in [3.05, 3.63) is 48.6 Å². The number of carbonyl (C=O) groups excluding carboxylic acids is 2. The molecule has 0 aliphatic heterocycles. The van der Waals surface area contributed by atoms with Crippen LogP contribution in [0.5, 0.6) is 0 Å². The number of hydrazone groups is 1. The average Bonchev–Trinajstić information content (AvgIpc) is 2.37. The zero-order valence-corrected chi connectivity index (χ0v) is 9.22. The van der Waals surface area contributed by atoms with E-state index in [1.807, 2.05) is 30.3 Å². The van der Waals surface area contributed by atoms with Crippen molar-refractivity contribution in [3.63, 3.8) is 0 Å². The van der Waals surface area contributed by atoms with Crippen molar-refractivity contribution in [3.8, 4) is 0 Å². The van der Waals surface area contributed by atoms with Gasteiger partial charge in [-0.1, -0.05) is 36.4 Å². The van der Waals surface area contributed by atoms with Crippen LogP contribution in [0.15, 0.2) is 48.1 Å². The number of carbonyl (C=O) groups is 2. The quantitative estimate of drug-likeness (QED) is 0.341. The third-order valence-electron chi connectivity index (χ3n) is 1.79. The molecule has 0 heterocycles. The Hall–Kier alpha value is -2.43. The second-order valence-corrected chi connectivity index (χ2v) is 3.11. The van der Waals surface area contributed by atoms with E-state index >= 15 is 0 Å². The van der Waals surface area contributed by atoms with Crippen LogP contribution in [0.3, 0.4) is 0 Å². The molecule has 17 heavy (non-hydrogen) atoms. The van der Waals surface area contributed by atoms with E-state index in [0.717, 1.165) is 5.56 Å². The number of benzene rings is 1. The van der Waals surface area contributed by atoms with Crippen molar-refractivity contribution in [2.45, 2.75) is 0 Å². The van der Waals surface area contributed by atoms with Crippen molar-refractivity contribution >= 4 is 18.0 Å². The fourth-order valence-corrected chi connectivity index (χ4v) is 1.00. The predicted molar refractivity (Wildman–Crippen MR) is 65.4 cm³/mol. The third kappa shape index (κ3) is 4.74. The Bertz CT molecular complexity index is 427. The van der Waals surface area contributed by atoms with E-state index < -0.39 is 11.8 Å². The van der Waals surface area contributed by atoms with Crippen molar-refractivity contribution < 1.29 is 9.59 Å². The summed E-state index contributed by atoms with van der Waals surface area (Å²) in [4.78, 5) is 22.3. The van der Waals surface area contributed by atoms with Crippen LogP contribution in [-0.4, -0.2) is 24.6 Å². The summed E-state index contributed by atoms with van der Waals surface area (Å²) >= 11 is 0. The Kier molecular flexibility index (Phi) is 5.16. The van der Waals surface area contributed by atoms with Gasteiger partial charge in [-0.15, -0.1) is 6.58 Å². The van der Waals surface area contributed by atoms with Crippen LogP contribution in [0.2, 0.25) is 0 Å². The zero-order valence-electron chi connectivity index (χ0n) is 9.22. The van der Waals surface area contributed by atoms with Crippen LogP contribution in [0.25, 0.3) is 0 Å². The molecule has 0 aromatic heterocycles. The van der Waals surface area contributed by atoms with Crippen LogP contribution in [0.1, 0.15) is 5.56 Å². The van der Waals surface area contributed by atoms with Gasteiger partial charge in [-0.2, -0.15) is 5.10 Å². The average molecular weight is 231 g/mol. The number of hydrogen-bond donors (Lipinski definition) is 2. The molecule has 0 aliphatic carbocycles. The van der Waals surface area contributed by atoms with Gasteiger partial charge in [0.1, 0.15) is 0 Å². The molecule has 0 aliphatic rings. The van der Waals surface area contributed by atoms with E-state index in [2.05, 4.69) is 22.4 Å². The fourth-order valence-electron chi connectivity index (χ4n) is 1.00. The Morgan fingerprint density at radius 3 is 2.59 bits per heavy atom. The minimum absolute atomic E-state index is 0.245. The highest BCUT2D eigenvalue weighted by molar-refractivity contribution is 6.35. The van der Waals surface area contributed by atoms with Gasteiger partial charge in [0.2, 0.25) is 0 Å². The molecule has 2 N–H and O–H groups in total. The van der Waals surface area contributed by atoms with Crippen LogP contribution in [0, 0.1) is 0 Å². The van der Waals surface area contributed by atoms with Gasteiger partial charge in [0.05, 0.1) is 6.21 Å². The molecule has 5 heteroatoms. The molecule has 0 bridgehead atoms. The highest BCUT2D eigenvalue weighted by Crippen LogP contribution is 1.92. The molecule has 0 saturated heterocycles. The highest BCUT2D eigenvalue weighted by Gasteiger charge is 2.10. The fraction of sp³-hybridized carbons (Fsp3) is 0.0833. The van der Waals surface area contributed by atoms with E-state index in [4.69, 9.17) is 0 Å². The summed E-state index contributed by atoms with van der Waals surface area (Å²) in [5, 5.41) is 6.00. The molecular weight excluding hydrogens is 218 g/mol. The molecule has 0 radical (unpaired) electrons. The summed E-state index contributed by atoms with van der Waals surface area (Å²) < 4.78 is 0. The minimum Gasteiger partial charge on any atom is -0.344 e. The molecule has 1 aromatic carbocycles. The maximum Gasteiger partial charge on any atom is 0.329 e. The van der Waals surface area contributed by atoms with E-state index in [1.54, 1.807) is 0 Å². The molecule has 2 amide bonds. The molecule has 1 aromatic rings. The largest absolute Gasteiger partial charge is 0.344 e. The highest BCUT2D eigenvalue weighted by atomic mass is 16.2. The van der Waals surface area contributed by atoms with E-state index in [-0.39, 0.29) is 6.54 Å². The monoisotopic (exact) mass is 231 g/mol. The zero-order chi connectivity index (χ0) is 12.5. The standard InChI is InChI=1S/C12H13N3O2/c1-2-8-13-11(16)12(17)15-14-9-10-6-4-3-5-7-10/h2-7,9H,1,8H2,(H,13,16)(H,15,17)/b14-9-. The van der Waals surface area contributed by atoms with Crippen LogP contribution >= 0.6 is 0 Å². The van der Waals surface area contributed by atoms with Crippen molar-refractivity contribution in [1.29, 1.82) is 0 Å². The number of hydrogen-bond acceptors (Lipinski definition) is 3. The summed E-state index contributed by atoms with van der Waals surface area (Å²) in [6, 6.07) is 9.22. The molecule has 0 unspecified atom stereocenters. The second-order valence-electron chi connectivity index (χ2n) is 3.11. The molecule has 0 atom stereocenters. The first-order valence-corrected chi connectivity index (χ1v) is 5.01. The molecule has 0 spiro atoms. The van der Waals surface area contributed by atoms with Crippen molar-refractivity contribution in [2.24, 2.45) is 5.10 Å². The maximum absolute atomic E-state index is 11.2. The lowest BCUT2D eigenvalue weighted by Gasteiger charge is -1.99. The lowest BCUT2D eigenvalue weighted by molar-refractivity contribution is -0.139. The molecule has 5 nitrogen and oxygen atoms in total. The van der Waals surface area contributed by atoms with Gasteiger partial charge in [0.15, 0.2) is 0 Å². The molecule has 0 fully saturated rings. The molecule has 88 valence electrons. The number of nitrogens with one attached hydrogen (secondary N) is 2. The smallest absolute Gasteiger partial charge is 0.329 e. The van der Waals surface area contributed by atoms with Gasteiger partial charge in [-0.3, -0.25) is 9.59 Å². The first-order valence-electron chi connectivity index (χ1n) is 5.01. The first-order chi connectivity index (χ1) is 8.24. The summed E-state index contributed by atoms with van der Waals surface area (Å²) in [6.07, 6.45) is 2.94. The topological polar surface area (TPSA) is 70.6 Å². The van der Waals surface area contributed by atoms with Crippen molar-refractivity contribution in [2.75, 3.05) is 6.54 Å². The Morgan fingerprint density at radius 2 is 1.94 bits per heavy atom. The van der Waals surface area contributed by atoms with Crippen LogP contribution in [0.4, 0.5) is 0 Å². The third-order valence-corrected chi connectivity index (χ3v) is 1.79. The SMILES string of the molecule is C=CCNC(=O)C(=O)N/N=C\c1ccccc1. The molecule has 1 rings (SSSR count). The predicted octanol–water partition coefficient (Wildman–Crippen LogP) is 0.439. The van der Waals surface area contributed by atoms with Gasteiger partial charge >= 0.3 is 11.8 Å². The summed E-state index contributed by atoms with van der Waals surface area (Å²) in [5.41, 5.74) is 2.96. The van der Waals surface area contributed by atoms with Crippen LogP contribution < -0.4 is 10.7 Å². The second kappa shape index (κ2) is 6.95. The summed E-state index contributed by atoms with van der Waals surface area (Å²) in [6.45, 7) is 3.66. The summed E-state index contributed by atoms with van der Waals surface area (Å²) in [7, 11) is 0. The maximum atomic E-state index is 11.2. The number of amides is 2. The van der Waals surface area contributed by atoms with Gasteiger partial charge in [0, 0.05) is 6.54 Å². The summed E-state index contributed by atoms with van der Waals surface area (Å²) in [5.74, 6) is -1.55. The lowest BCUT2D eigenvalue weighted by atomic mass is 10.2. The Morgan fingerprint density at radius 1 is 1.24 bits per heavy atom. The molecular formula is C12H13N3O2. The van der Waals surface area contributed by atoms with E-state index in [9.17, 15) is 9.59 Å². The number of rotatable bonds is 4. The number of nitrogens with zero attached hydrogens (tertiary/aromatic N) is 1. The van der Waals surface area contributed by atoms with Gasteiger partial charge in [-0.05, 0) is 5.56 Å². The van der Waals surface area contributed by atoms with Gasteiger partial charge < -0.3 is 5.32 Å².